The van der Waals surface area contributed by atoms with Crippen LogP contribution in [-0.2, 0) is 32.8 Å². The van der Waals surface area contributed by atoms with Crippen molar-refractivity contribution in [2.45, 2.75) is 11.5 Å². The number of rotatable bonds is 4. The topological polar surface area (TPSA) is 74.3 Å². The largest absolute Gasteiger partial charge is 0.772 e. The highest BCUT2D eigenvalue weighted by molar-refractivity contribution is 7.85. The molecule has 0 bridgehead atoms. The van der Waals surface area contributed by atoms with Gasteiger partial charge in [0.1, 0.15) is 5.75 Å². The second-order valence-corrected chi connectivity index (χ2v) is 6.36. The molecule has 7 heteroatoms. The summed E-state index contributed by atoms with van der Waals surface area (Å²) in [6, 6.07) is 17.3. The first-order valence-corrected chi connectivity index (χ1v) is 8.72. The molecule has 0 aliphatic heterocycles. The summed E-state index contributed by atoms with van der Waals surface area (Å²) in [7, 11) is -4.38. The fraction of sp³-hybridized carbons (Fsp3) is 0.143. The van der Waals surface area contributed by atoms with Crippen molar-refractivity contribution in [2.24, 2.45) is 0 Å². The minimum atomic E-state index is -4.38. The minimum Gasteiger partial charge on any atom is -0.772 e. The van der Waals surface area contributed by atoms with Gasteiger partial charge < -0.3 is 4.55 Å². The van der Waals surface area contributed by atoms with Crippen LogP contribution in [0.15, 0.2) is 60.7 Å². The Balaban J connectivity index is 0.000000211. The average molecular weight is 329 g/mol. The van der Waals surface area contributed by atoms with Crippen LogP contribution in [0.5, 0.6) is 0 Å². The Morgan fingerprint density at radius 1 is 0.905 bits per heavy atom. The number of hydrogen-bond acceptors (Lipinski definition) is 4. The van der Waals surface area contributed by atoms with Crippen molar-refractivity contribution < 1.29 is 21.1 Å². The molecule has 0 aromatic heterocycles. The summed E-state index contributed by atoms with van der Waals surface area (Å²) in [5, 5.41) is 0. The molecule has 4 nitrogen and oxygen atoms in total. The number of benzene rings is 2. The van der Waals surface area contributed by atoms with Gasteiger partial charge in [-0.15, -0.1) is 3.89 Å². The lowest BCUT2D eigenvalue weighted by Crippen LogP contribution is -1.94. The zero-order valence-electron chi connectivity index (χ0n) is 11.0. The van der Waals surface area contributed by atoms with E-state index < -0.39 is 27.1 Å². The Morgan fingerprint density at radius 2 is 1.33 bits per heavy atom. The maximum absolute atomic E-state index is 12.0. The van der Waals surface area contributed by atoms with E-state index in [-0.39, 0.29) is 5.75 Å². The SMILES string of the molecule is O=S(=O)(F)Cc1ccccc1.O=S([O-])Cc1ccccc1. The van der Waals surface area contributed by atoms with Gasteiger partial charge in [-0.3, -0.25) is 4.21 Å². The Kier molecular flexibility index (Phi) is 7.21. The van der Waals surface area contributed by atoms with Gasteiger partial charge in [-0.25, -0.2) is 0 Å². The Bertz CT molecular complexity index is 658. The number of halogens is 1. The Hall–Kier alpha value is -1.57. The second-order valence-electron chi connectivity index (χ2n) is 4.10. The second kappa shape index (κ2) is 8.66. The van der Waals surface area contributed by atoms with E-state index in [9.17, 15) is 21.1 Å². The van der Waals surface area contributed by atoms with Crippen LogP contribution in [0.25, 0.3) is 0 Å². The maximum Gasteiger partial charge on any atom is 0.306 e. The summed E-state index contributed by atoms with van der Waals surface area (Å²) in [6.45, 7) is 0. The van der Waals surface area contributed by atoms with E-state index in [0.29, 0.717) is 5.56 Å². The summed E-state index contributed by atoms with van der Waals surface area (Å²) in [5.74, 6) is -0.422. The molecule has 114 valence electrons. The molecule has 1 atom stereocenters. The number of hydrogen-bond donors (Lipinski definition) is 0. The van der Waals surface area contributed by atoms with E-state index >= 15 is 0 Å². The average Bonchev–Trinajstić information content (AvgIpc) is 2.39. The third kappa shape index (κ3) is 9.06. The molecule has 21 heavy (non-hydrogen) atoms. The van der Waals surface area contributed by atoms with E-state index in [0.717, 1.165) is 5.56 Å². The third-order valence-corrected chi connectivity index (χ3v) is 3.56. The van der Waals surface area contributed by atoms with Gasteiger partial charge in [0.05, 0.1) is 0 Å². The molecule has 2 aromatic rings. The molecular weight excluding hydrogens is 315 g/mol. The maximum atomic E-state index is 12.0. The van der Waals surface area contributed by atoms with Gasteiger partial charge in [-0.2, -0.15) is 8.42 Å². The predicted molar refractivity (Wildman–Crippen MR) is 79.2 cm³/mol. The lowest BCUT2D eigenvalue weighted by atomic mass is 10.2. The quantitative estimate of drug-likeness (QED) is 0.638. The fourth-order valence-electron chi connectivity index (χ4n) is 1.48. The molecule has 0 saturated heterocycles. The molecular formula is C14H14FO4S2-. The van der Waals surface area contributed by atoms with E-state index in [4.69, 9.17) is 0 Å². The lowest BCUT2D eigenvalue weighted by molar-refractivity contribution is 0.536. The lowest BCUT2D eigenvalue weighted by Gasteiger charge is -2.02. The Labute approximate surface area is 126 Å². The molecule has 0 fully saturated rings. The molecule has 0 aliphatic rings. The van der Waals surface area contributed by atoms with Crippen molar-refractivity contribution in [1.29, 1.82) is 0 Å². The van der Waals surface area contributed by atoms with Crippen LogP contribution in [0.4, 0.5) is 3.89 Å². The van der Waals surface area contributed by atoms with E-state index in [1.807, 2.05) is 18.2 Å². The van der Waals surface area contributed by atoms with Crippen molar-refractivity contribution in [3.05, 3.63) is 71.8 Å². The molecule has 0 spiro atoms. The van der Waals surface area contributed by atoms with Crippen LogP contribution in [0.1, 0.15) is 11.1 Å². The van der Waals surface area contributed by atoms with Crippen molar-refractivity contribution in [3.8, 4) is 0 Å². The summed E-state index contributed by atoms with van der Waals surface area (Å²) < 4.78 is 52.7. The molecule has 0 heterocycles. The van der Waals surface area contributed by atoms with Crippen molar-refractivity contribution in [2.75, 3.05) is 0 Å². The molecule has 0 amide bonds. The van der Waals surface area contributed by atoms with Gasteiger partial charge >= 0.3 is 10.2 Å². The first-order chi connectivity index (χ1) is 9.87. The Morgan fingerprint density at radius 3 is 1.71 bits per heavy atom. The van der Waals surface area contributed by atoms with Crippen molar-refractivity contribution in [3.63, 3.8) is 0 Å². The summed E-state index contributed by atoms with van der Waals surface area (Å²) in [6.07, 6.45) is 0. The highest BCUT2D eigenvalue weighted by atomic mass is 32.3. The molecule has 0 saturated carbocycles. The van der Waals surface area contributed by atoms with Gasteiger partial charge in [0.25, 0.3) is 0 Å². The van der Waals surface area contributed by atoms with Crippen LogP contribution >= 0.6 is 0 Å². The molecule has 2 aromatic carbocycles. The minimum absolute atomic E-state index is 0.112. The first kappa shape index (κ1) is 17.5. The summed E-state index contributed by atoms with van der Waals surface area (Å²) in [4.78, 5) is 0. The molecule has 0 radical (unpaired) electrons. The van der Waals surface area contributed by atoms with E-state index in [1.165, 1.54) is 0 Å². The fourth-order valence-corrected chi connectivity index (χ4v) is 2.54. The highest BCUT2D eigenvalue weighted by Gasteiger charge is 2.06. The third-order valence-electron chi connectivity index (χ3n) is 2.31. The van der Waals surface area contributed by atoms with Crippen LogP contribution < -0.4 is 0 Å². The summed E-state index contributed by atoms with van der Waals surface area (Å²) in [5.41, 5.74) is 1.30. The van der Waals surface area contributed by atoms with Crippen molar-refractivity contribution >= 4 is 21.3 Å². The van der Waals surface area contributed by atoms with Crippen molar-refractivity contribution in [1.82, 2.24) is 0 Å². The zero-order chi connectivity index (χ0) is 15.7. The molecule has 0 N–H and O–H groups in total. The van der Waals surface area contributed by atoms with Gasteiger partial charge in [-0.1, -0.05) is 71.7 Å². The van der Waals surface area contributed by atoms with E-state index in [2.05, 4.69) is 0 Å². The first-order valence-electron chi connectivity index (χ1n) is 5.93. The van der Waals surface area contributed by atoms with Gasteiger partial charge in [-0.05, 0) is 11.1 Å². The van der Waals surface area contributed by atoms with E-state index in [1.54, 1.807) is 42.5 Å². The highest BCUT2D eigenvalue weighted by Crippen LogP contribution is 2.05. The zero-order valence-corrected chi connectivity index (χ0v) is 12.6. The molecule has 1 unspecified atom stereocenters. The van der Waals surface area contributed by atoms with Gasteiger partial charge in [0, 0.05) is 5.75 Å². The van der Waals surface area contributed by atoms with Gasteiger partial charge in [0.2, 0.25) is 0 Å². The van der Waals surface area contributed by atoms with Crippen LogP contribution in [0.3, 0.4) is 0 Å². The predicted octanol–water partition coefficient (Wildman–Crippen LogP) is 2.55. The smallest absolute Gasteiger partial charge is 0.306 e. The normalized spacial score (nSPS) is 12.1. The van der Waals surface area contributed by atoms with Gasteiger partial charge in [0.15, 0.2) is 0 Å². The monoisotopic (exact) mass is 329 g/mol. The standard InChI is InChI=1S/C7H7FO2S.C7H8O2S/c8-11(9,10)6-7-4-2-1-3-5-7;8-10(9)6-7-4-2-1-3-5-7/h1-5H,6H2;1-5H,6H2,(H,8,9)/p-1. The molecule has 0 aliphatic carbocycles. The summed E-state index contributed by atoms with van der Waals surface area (Å²) >= 11 is -1.97. The van der Waals surface area contributed by atoms with Crippen LogP contribution in [0.2, 0.25) is 0 Å². The van der Waals surface area contributed by atoms with Crippen LogP contribution in [-0.4, -0.2) is 17.2 Å². The molecule has 2 rings (SSSR count). The van der Waals surface area contributed by atoms with Crippen LogP contribution in [0, 0.1) is 0 Å².